The number of rotatable bonds is 4. The molecule has 2 aromatic rings. The molecule has 9 heteroatoms. The first-order chi connectivity index (χ1) is 13.2. The Morgan fingerprint density at radius 1 is 1.22 bits per heavy atom. The number of hydrogen-bond donors (Lipinski definition) is 1. The van der Waals surface area contributed by atoms with Gasteiger partial charge in [-0.3, -0.25) is 9.59 Å². The highest BCUT2D eigenvalue weighted by Gasteiger charge is 2.25. The molecule has 1 fully saturated rings. The lowest BCUT2D eigenvalue weighted by atomic mass is 10.00. The van der Waals surface area contributed by atoms with Crippen molar-refractivity contribution in [2.45, 2.75) is 44.6 Å². The lowest BCUT2D eigenvalue weighted by molar-refractivity contribution is -0.131. The Labute approximate surface area is 156 Å². The third-order valence-corrected chi connectivity index (χ3v) is 5.22. The van der Waals surface area contributed by atoms with E-state index in [-0.39, 0.29) is 11.5 Å². The maximum absolute atomic E-state index is 12.5. The minimum Gasteiger partial charge on any atom is -0.381 e. The third kappa shape index (κ3) is 4.24. The van der Waals surface area contributed by atoms with Crippen LogP contribution in [-0.4, -0.2) is 62.1 Å². The van der Waals surface area contributed by atoms with Crippen LogP contribution in [-0.2, 0) is 28.9 Å². The van der Waals surface area contributed by atoms with E-state index < -0.39 is 0 Å². The van der Waals surface area contributed by atoms with Crippen LogP contribution in [0.25, 0.3) is 0 Å². The molecule has 2 aromatic heterocycles. The van der Waals surface area contributed by atoms with Gasteiger partial charge < -0.3 is 9.64 Å². The summed E-state index contributed by atoms with van der Waals surface area (Å²) in [6, 6.07) is 3.09. The van der Waals surface area contributed by atoms with E-state index in [4.69, 9.17) is 14.8 Å². The Bertz CT molecular complexity index is 809. The van der Waals surface area contributed by atoms with Crippen molar-refractivity contribution in [1.29, 1.82) is 0 Å². The van der Waals surface area contributed by atoms with Crippen LogP contribution in [0.5, 0.6) is 0 Å². The molecule has 2 aliphatic heterocycles. The summed E-state index contributed by atoms with van der Waals surface area (Å²) in [7, 11) is 0. The van der Waals surface area contributed by atoms with E-state index in [0.717, 1.165) is 44.1 Å². The van der Waals surface area contributed by atoms with Crippen molar-refractivity contribution in [3.63, 3.8) is 0 Å². The van der Waals surface area contributed by atoms with E-state index in [9.17, 15) is 9.59 Å². The predicted molar refractivity (Wildman–Crippen MR) is 96.3 cm³/mol. The molecule has 1 N–H and O–H groups in total. The molecule has 144 valence electrons. The number of nitrogens with one attached hydrogen (secondary N) is 1. The molecule has 0 radical (unpaired) electrons. The van der Waals surface area contributed by atoms with Gasteiger partial charge in [-0.2, -0.15) is 10.2 Å². The van der Waals surface area contributed by atoms with Crippen molar-refractivity contribution in [3.05, 3.63) is 39.8 Å². The Morgan fingerprint density at radius 2 is 2.07 bits per heavy atom. The maximum atomic E-state index is 12.5. The van der Waals surface area contributed by atoms with Crippen LogP contribution >= 0.6 is 0 Å². The molecule has 4 heterocycles. The number of H-pyrrole nitrogens is 1. The first-order valence-corrected chi connectivity index (χ1v) is 9.53. The van der Waals surface area contributed by atoms with Crippen molar-refractivity contribution in [1.82, 2.24) is 29.9 Å². The van der Waals surface area contributed by atoms with Gasteiger partial charge in [0.15, 0.2) is 5.82 Å². The highest BCUT2D eigenvalue weighted by Crippen LogP contribution is 2.25. The molecular weight excluding hydrogens is 348 g/mol. The monoisotopic (exact) mass is 372 g/mol. The fraction of sp³-hybridized carbons (Fsp3) is 0.611. The zero-order valence-electron chi connectivity index (χ0n) is 15.3. The molecule has 1 saturated heterocycles. The fourth-order valence-corrected chi connectivity index (χ4v) is 3.60. The highest BCUT2D eigenvalue weighted by molar-refractivity contribution is 5.76. The average molecular weight is 372 g/mol. The maximum Gasteiger partial charge on any atom is 0.264 e. The molecule has 0 unspecified atom stereocenters. The van der Waals surface area contributed by atoms with Crippen LogP contribution in [0.2, 0.25) is 0 Å². The van der Waals surface area contributed by atoms with Gasteiger partial charge in [0.05, 0.1) is 12.2 Å². The van der Waals surface area contributed by atoms with Crippen LogP contribution in [0, 0.1) is 0 Å². The van der Waals surface area contributed by atoms with Crippen LogP contribution in [0.3, 0.4) is 0 Å². The van der Waals surface area contributed by atoms with E-state index in [2.05, 4.69) is 10.2 Å². The first-order valence-electron chi connectivity index (χ1n) is 9.53. The number of nitrogens with zero attached hydrogens (tertiary/aromatic N) is 5. The molecule has 0 spiro atoms. The lowest BCUT2D eigenvalue weighted by Crippen LogP contribution is -2.34. The number of amides is 1. The Hall–Kier alpha value is -2.55. The second-order valence-electron chi connectivity index (χ2n) is 7.04. The van der Waals surface area contributed by atoms with Gasteiger partial charge in [0.25, 0.3) is 5.56 Å². The van der Waals surface area contributed by atoms with Gasteiger partial charge in [-0.05, 0) is 18.9 Å². The van der Waals surface area contributed by atoms with Gasteiger partial charge in [-0.1, -0.05) is 0 Å². The summed E-state index contributed by atoms with van der Waals surface area (Å²) >= 11 is 0. The van der Waals surface area contributed by atoms with E-state index in [1.54, 1.807) is 6.07 Å². The minimum absolute atomic E-state index is 0.0957. The van der Waals surface area contributed by atoms with Gasteiger partial charge in [0, 0.05) is 57.6 Å². The molecule has 0 aromatic carbocycles. The van der Waals surface area contributed by atoms with Crippen LogP contribution in [0.1, 0.15) is 42.5 Å². The summed E-state index contributed by atoms with van der Waals surface area (Å²) in [4.78, 5) is 30.2. The first kappa shape index (κ1) is 17.8. The number of aromatic amines is 1. The standard InChI is InChI=1S/C18H24N6O3/c25-16-3-1-14(20-21-16)2-4-17(26)23-8-5-15-19-18(22-24(15)10-9-23)13-6-11-27-12-7-13/h1,3,13H,2,4-12H2,(H,21,25). The topological polar surface area (TPSA) is 106 Å². The smallest absolute Gasteiger partial charge is 0.264 e. The number of ether oxygens (including phenoxy) is 1. The number of aromatic nitrogens is 5. The number of carbonyl (C=O) groups excluding carboxylic acids is 1. The van der Waals surface area contributed by atoms with Crippen LogP contribution in [0.15, 0.2) is 16.9 Å². The van der Waals surface area contributed by atoms with Gasteiger partial charge in [-0.25, -0.2) is 14.8 Å². The lowest BCUT2D eigenvalue weighted by Gasteiger charge is -2.20. The summed E-state index contributed by atoms with van der Waals surface area (Å²) in [6.45, 7) is 3.53. The summed E-state index contributed by atoms with van der Waals surface area (Å²) in [6.07, 6.45) is 3.57. The molecule has 0 atom stereocenters. The van der Waals surface area contributed by atoms with Crippen molar-refractivity contribution < 1.29 is 9.53 Å². The normalized spacial score (nSPS) is 18.1. The van der Waals surface area contributed by atoms with Gasteiger partial charge >= 0.3 is 0 Å². The van der Waals surface area contributed by atoms with Gasteiger partial charge in [-0.15, -0.1) is 0 Å². The van der Waals surface area contributed by atoms with Crippen molar-refractivity contribution in [2.75, 3.05) is 26.3 Å². The minimum atomic E-state index is -0.236. The zero-order valence-corrected chi connectivity index (χ0v) is 15.3. The van der Waals surface area contributed by atoms with E-state index in [0.29, 0.717) is 44.1 Å². The molecule has 27 heavy (non-hydrogen) atoms. The van der Waals surface area contributed by atoms with E-state index >= 15 is 0 Å². The zero-order chi connectivity index (χ0) is 18.6. The summed E-state index contributed by atoms with van der Waals surface area (Å²) in [5.41, 5.74) is 0.480. The molecule has 1 amide bonds. The van der Waals surface area contributed by atoms with Gasteiger partial charge in [0.2, 0.25) is 5.91 Å². The van der Waals surface area contributed by atoms with Crippen molar-refractivity contribution >= 4 is 5.91 Å². The number of aryl methyl sites for hydroxylation is 1. The Balaban J connectivity index is 1.32. The summed E-state index contributed by atoms with van der Waals surface area (Å²) in [5.74, 6) is 2.38. The predicted octanol–water partition coefficient (Wildman–Crippen LogP) is 0.273. The number of carbonyl (C=O) groups is 1. The Kier molecular flexibility index (Phi) is 5.28. The van der Waals surface area contributed by atoms with E-state index in [1.807, 2.05) is 9.58 Å². The van der Waals surface area contributed by atoms with Gasteiger partial charge in [0.1, 0.15) is 5.82 Å². The average Bonchev–Trinajstić information content (AvgIpc) is 3.01. The summed E-state index contributed by atoms with van der Waals surface area (Å²) in [5, 5.41) is 11.0. The molecule has 4 rings (SSSR count). The molecule has 0 bridgehead atoms. The number of hydrogen-bond acceptors (Lipinski definition) is 6. The molecule has 0 aliphatic carbocycles. The van der Waals surface area contributed by atoms with Crippen LogP contribution in [0.4, 0.5) is 0 Å². The van der Waals surface area contributed by atoms with E-state index in [1.165, 1.54) is 6.07 Å². The Morgan fingerprint density at radius 3 is 2.85 bits per heavy atom. The van der Waals surface area contributed by atoms with Crippen molar-refractivity contribution in [2.24, 2.45) is 0 Å². The second kappa shape index (κ2) is 7.99. The second-order valence-corrected chi connectivity index (χ2v) is 7.04. The summed E-state index contributed by atoms with van der Waals surface area (Å²) < 4.78 is 7.38. The molecule has 9 nitrogen and oxygen atoms in total. The highest BCUT2D eigenvalue weighted by atomic mass is 16.5. The molecule has 0 saturated carbocycles. The largest absolute Gasteiger partial charge is 0.381 e. The SMILES string of the molecule is O=C(CCc1ccc(=O)[nH]n1)N1CCc2nc(C3CCOCC3)nn2CC1. The fourth-order valence-electron chi connectivity index (χ4n) is 3.60. The number of fused-ring (bicyclic) bond motifs is 1. The molecule has 2 aliphatic rings. The van der Waals surface area contributed by atoms with Crippen molar-refractivity contribution in [3.8, 4) is 0 Å². The van der Waals surface area contributed by atoms with Crippen LogP contribution < -0.4 is 5.56 Å². The molecular formula is C18H24N6O3. The third-order valence-electron chi connectivity index (χ3n) is 5.22. The quantitative estimate of drug-likeness (QED) is 0.826.